The van der Waals surface area contributed by atoms with Gasteiger partial charge in [0.1, 0.15) is 18.9 Å². The highest BCUT2D eigenvalue weighted by molar-refractivity contribution is 7.22. The molecule has 0 aliphatic carbocycles. The SMILES string of the molecule is Cc1ccc(C)c(C(=O)N(CC[NH+]2CCOCC2)c2nc3ccc(F)cc3s2)c1. The molecule has 1 fully saturated rings. The van der Waals surface area contributed by atoms with Crippen LogP contribution in [0.4, 0.5) is 9.52 Å². The normalized spacial score (nSPS) is 15.0. The van der Waals surface area contributed by atoms with Gasteiger partial charge in [-0.1, -0.05) is 29.0 Å². The van der Waals surface area contributed by atoms with Gasteiger partial charge >= 0.3 is 0 Å². The second-order valence-electron chi connectivity index (χ2n) is 7.50. The lowest BCUT2D eigenvalue weighted by molar-refractivity contribution is -0.906. The summed E-state index contributed by atoms with van der Waals surface area (Å²) in [5.74, 6) is -0.351. The zero-order chi connectivity index (χ0) is 20.4. The van der Waals surface area contributed by atoms with Crippen LogP contribution in [0.1, 0.15) is 21.5 Å². The van der Waals surface area contributed by atoms with Crippen LogP contribution in [-0.2, 0) is 4.74 Å². The van der Waals surface area contributed by atoms with Gasteiger partial charge in [0, 0.05) is 5.56 Å². The molecule has 1 aliphatic heterocycles. The Morgan fingerprint density at radius 3 is 2.79 bits per heavy atom. The number of hydrogen-bond donors (Lipinski definition) is 1. The fourth-order valence-corrected chi connectivity index (χ4v) is 4.59. The quantitative estimate of drug-likeness (QED) is 0.698. The molecule has 3 aromatic rings. The first kappa shape index (κ1) is 19.9. The van der Waals surface area contributed by atoms with Crippen molar-refractivity contribution in [3.05, 3.63) is 58.9 Å². The molecule has 0 bridgehead atoms. The van der Waals surface area contributed by atoms with E-state index in [-0.39, 0.29) is 11.7 Å². The monoisotopic (exact) mass is 414 g/mol. The predicted molar refractivity (Wildman–Crippen MR) is 114 cm³/mol. The zero-order valence-corrected chi connectivity index (χ0v) is 17.5. The lowest BCUT2D eigenvalue weighted by atomic mass is 10.0. The molecule has 0 saturated carbocycles. The lowest BCUT2D eigenvalue weighted by Crippen LogP contribution is -3.14. The van der Waals surface area contributed by atoms with Crippen molar-refractivity contribution in [3.63, 3.8) is 0 Å². The number of amides is 1. The van der Waals surface area contributed by atoms with Crippen molar-refractivity contribution in [2.45, 2.75) is 13.8 Å². The smallest absolute Gasteiger partial charge is 0.260 e. The number of carbonyl (C=O) groups is 1. The van der Waals surface area contributed by atoms with Crippen molar-refractivity contribution in [3.8, 4) is 0 Å². The molecule has 29 heavy (non-hydrogen) atoms. The number of benzene rings is 2. The number of aromatic nitrogens is 1. The Hall–Kier alpha value is -2.35. The number of thiazole rings is 1. The minimum atomic E-state index is -0.294. The summed E-state index contributed by atoms with van der Waals surface area (Å²) in [6, 6.07) is 10.5. The average Bonchev–Trinajstić information content (AvgIpc) is 3.13. The molecule has 0 atom stereocenters. The largest absolute Gasteiger partial charge is 0.370 e. The van der Waals surface area contributed by atoms with Crippen LogP contribution in [0.15, 0.2) is 36.4 Å². The van der Waals surface area contributed by atoms with Crippen LogP contribution in [0.5, 0.6) is 0 Å². The minimum absolute atomic E-state index is 0.0570. The highest BCUT2D eigenvalue weighted by Gasteiger charge is 2.25. The Morgan fingerprint density at radius 2 is 2.00 bits per heavy atom. The number of rotatable bonds is 5. The van der Waals surface area contributed by atoms with Crippen molar-refractivity contribution >= 4 is 32.6 Å². The third-order valence-electron chi connectivity index (χ3n) is 5.33. The van der Waals surface area contributed by atoms with Crippen LogP contribution in [-0.4, -0.2) is 50.3 Å². The molecule has 1 N–H and O–H groups in total. The second kappa shape index (κ2) is 8.57. The van der Waals surface area contributed by atoms with Crippen LogP contribution in [0.2, 0.25) is 0 Å². The fraction of sp³-hybridized carbons (Fsp3) is 0.364. The fourth-order valence-electron chi connectivity index (χ4n) is 3.58. The predicted octanol–water partition coefficient (Wildman–Crippen LogP) is 2.61. The van der Waals surface area contributed by atoms with E-state index in [4.69, 9.17) is 4.74 Å². The number of quaternary nitrogens is 1. The molecule has 2 heterocycles. The molecule has 1 amide bonds. The first-order valence-electron chi connectivity index (χ1n) is 9.88. The Balaban J connectivity index is 1.67. The first-order chi connectivity index (χ1) is 14.0. The molecular formula is C22H25FN3O2S+. The van der Waals surface area contributed by atoms with Gasteiger partial charge in [-0.3, -0.25) is 9.69 Å². The number of halogens is 1. The van der Waals surface area contributed by atoms with Crippen LogP contribution < -0.4 is 9.80 Å². The van der Waals surface area contributed by atoms with Crippen molar-refractivity contribution in [2.24, 2.45) is 0 Å². The van der Waals surface area contributed by atoms with Crippen molar-refractivity contribution in [2.75, 3.05) is 44.3 Å². The minimum Gasteiger partial charge on any atom is -0.370 e. The number of morpholine rings is 1. The summed E-state index contributed by atoms with van der Waals surface area (Å²) in [6.45, 7) is 8.70. The highest BCUT2D eigenvalue weighted by Crippen LogP contribution is 2.30. The second-order valence-corrected chi connectivity index (χ2v) is 8.51. The number of carbonyl (C=O) groups excluding carboxylic acids is 1. The van der Waals surface area contributed by atoms with E-state index in [9.17, 15) is 9.18 Å². The Labute approximate surface area is 173 Å². The summed E-state index contributed by atoms with van der Waals surface area (Å²) in [5.41, 5.74) is 3.39. The third-order valence-corrected chi connectivity index (χ3v) is 6.37. The number of hydrogen-bond acceptors (Lipinski definition) is 4. The van der Waals surface area contributed by atoms with E-state index in [1.807, 2.05) is 32.0 Å². The molecular weight excluding hydrogens is 389 g/mol. The molecule has 0 radical (unpaired) electrons. The molecule has 0 unspecified atom stereocenters. The number of anilines is 1. The number of aryl methyl sites for hydroxylation is 2. The van der Waals surface area contributed by atoms with E-state index in [1.165, 1.54) is 28.4 Å². The molecule has 7 heteroatoms. The highest BCUT2D eigenvalue weighted by atomic mass is 32.1. The number of fused-ring (bicyclic) bond motifs is 1. The molecule has 1 aliphatic rings. The molecule has 152 valence electrons. The summed E-state index contributed by atoms with van der Waals surface area (Å²) in [5, 5.41) is 0.615. The van der Waals surface area contributed by atoms with Gasteiger partial charge in [-0.15, -0.1) is 0 Å². The van der Waals surface area contributed by atoms with Gasteiger partial charge in [-0.25, -0.2) is 9.37 Å². The standard InChI is InChI=1S/C22H24FN3O2S/c1-15-3-4-16(2)18(13-15)21(27)26(8-7-25-9-11-28-12-10-25)22-24-19-6-5-17(23)14-20(19)29-22/h3-6,13-14H,7-12H2,1-2H3/p+1. The van der Waals surface area contributed by atoms with Gasteiger partial charge in [-0.05, 0) is 43.7 Å². The van der Waals surface area contributed by atoms with Crippen LogP contribution >= 0.6 is 11.3 Å². The summed E-state index contributed by atoms with van der Waals surface area (Å²) in [6.07, 6.45) is 0. The molecule has 1 aromatic heterocycles. The van der Waals surface area contributed by atoms with E-state index in [2.05, 4.69) is 4.98 Å². The maximum atomic E-state index is 13.6. The van der Waals surface area contributed by atoms with Gasteiger partial charge in [0.05, 0.1) is 36.5 Å². The first-order valence-corrected chi connectivity index (χ1v) is 10.7. The maximum absolute atomic E-state index is 13.6. The van der Waals surface area contributed by atoms with Crippen LogP contribution in [0, 0.1) is 19.7 Å². The van der Waals surface area contributed by atoms with E-state index in [0.29, 0.717) is 22.8 Å². The average molecular weight is 415 g/mol. The maximum Gasteiger partial charge on any atom is 0.260 e. The van der Waals surface area contributed by atoms with Gasteiger partial charge < -0.3 is 9.64 Å². The topological polar surface area (TPSA) is 46.9 Å². The van der Waals surface area contributed by atoms with Crippen LogP contribution in [0.25, 0.3) is 10.2 Å². The number of nitrogens with one attached hydrogen (secondary N) is 1. The zero-order valence-electron chi connectivity index (χ0n) is 16.7. The Morgan fingerprint density at radius 1 is 1.21 bits per heavy atom. The summed E-state index contributed by atoms with van der Waals surface area (Å²) in [7, 11) is 0. The van der Waals surface area contributed by atoms with E-state index in [0.717, 1.165) is 48.7 Å². The number of nitrogens with zero attached hydrogens (tertiary/aromatic N) is 2. The molecule has 4 rings (SSSR count). The summed E-state index contributed by atoms with van der Waals surface area (Å²) >= 11 is 1.36. The van der Waals surface area contributed by atoms with Gasteiger partial charge in [0.25, 0.3) is 5.91 Å². The van der Waals surface area contributed by atoms with Gasteiger partial charge in [0.2, 0.25) is 0 Å². The lowest BCUT2D eigenvalue weighted by Gasteiger charge is -2.27. The van der Waals surface area contributed by atoms with E-state index < -0.39 is 0 Å². The molecule has 5 nitrogen and oxygen atoms in total. The van der Waals surface area contributed by atoms with Crippen molar-refractivity contribution in [1.29, 1.82) is 0 Å². The summed E-state index contributed by atoms with van der Waals surface area (Å²) < 4.78 is 19.8. The molecule has 1 saturated heterocycles. The van der Waals surface area contributed by atoms with Gasteiger partial charge in [0.15, 0.2) is 5.13 Å². The summed E-state index contributed by atoms with van der Waals surface area (Å²) in [4.78, 5) is 21.3. The van der Waals surface area contributed by atoms with Crippen LogP contribution in [0.3, 0.4) is 0 Å². The number of ether oxygens (including phenoxy) is 1. The van der Waals surface area contributed by atoms with E-state index in [1.54, 1.807) is 11.0 Å². The Bertz CT molecular complexity index is 1030. The van der Waals surface area contributed by atoms with Crippen molar-refractivity contribution in [1.82, 2.24) is 4.98 Å². The molecule has 2 aromatic carbocycles. The third kappa shape index (κ3) is 4.47. The molecule has 0 spiro atoms. The van der Waals surface area contributed by atoms with Gasteiger partial charge in [-0.2, -0.15) is 0 Å². The van der Waals surface area contributed by atoms with E-state index >= 15 is 0 Å². The van der Waals surface area contributed by atoms with Crippen molar-refractivity contribution < 1.29 is 18.8 Å². The Kier molecular flexibility index (Phi) is 5.89.